The van der Waals surface area contributed by atoms with Gasteiger partial charge in [0.15, 0.2) is 0 Å². The molecule has 1 fully saturated rings. The van der Waals surface area contributed by atoms with Gasteiger partial charge in [-0.2, -0.15) is 0 Å². The van der Waals surface area contributed by atoms with Gasteiger partial charge in [0.1, 0.15) is 12.4 Å². The van der Waals surface area contributed by atoms with Crippen LogP contribution in [0.5, 0.6) is 5.75 Å². The van der Waals surface area contributed by atoms with Crippen molar-refractivity contribution in [3.63, 3.8) is 0 Å². The molecule has 0 bridgehead atoms. The lowest BCUT2D eigenvalue weighted by molar-refractivity contribution is -0.142. The van der Waals surface area contributed by atoms with Crippen LogP contribution >= 0.6 is 7.82 Å². The van der Waals surface area contributed by atoms with E-state index in [2.05, 4.69) is 0 Å². The van der Waals surface area contributed by atoms with Gasteiger partial charge in [0, 0.05) is 27.8 Å². The van der Waals surface area contributed by atoms with Gasteiger partial charge in [-0.3, -0.25) is 28.3 Å². The van der Waals surface area contributed by atoms with E-state index in [1.54, 1.807) is 31.2 Å². The average Bonchev–Trinajstić information content (AvgIpc) is 3.01. The fraction of sp³-hybridized carbons (Fsp3) is 0.571. The number of hydrogen-bond acceptors (Lipinski definition) is 10. The summed E-state index contributed by atoms with van der Waals surface area (Å²) < 4.78 is 44.2. The first kappa shape index (κ1) is 26.9. The molecule has 12 heteroatoms. The zero-order valence-corrected chi connectivity index (χ0v) is 19.9. The summed E-state index contributed by atoms with van der Waals surface area (Å²) in [6, 6.07) is 6.41. The zero-order valence-electron chi connectivity index (χ0n) is 19.0. The van der Waals surface area contributed by atoms with Gasteiger partial charge < -0.3 is 18.7 Å². The first-order valence-corrected chi connectivity index (χ1v) is 11.9. The van der Waals surface area contributed by atoms with Crippen LogP contribution in [0.4, 0.5) is 0 Å². The van der Waals surface area contributed by atoms with Crippen LogP contribution in [0.2, 0.25) is 0 Å². The topological polar surface area (TPSA) is 127 Å². The van der Waals surface area contributed by atoms with Crippen molar-refractivity contribution in [3.8, 4) is 5.75 Å². The average molecular weight is 489 g/mol. The number of amides is 2. The summed E-state index contributed by atoms with van der Waals surface area (Å²) in [6.07, 6.45) is 0.214. The zero-order chi connectivity index (χ0) is 24.3. The highest BCUT2D eigenvalue weighted by Gasteiger charge is 2.35. The Hall–Kier alpha value is -2.30. The largest absolute Gasteiger partial charge is 0.530 e. The molecule has 11 nitrogen and oxygen atoms in total. The molecule has 2 amide bonds. The lowest BCUT2D eigenvalue weighted by Crippen LogP contribution is -2.33. The van der Waals surface area contributed by atoms with Crippen molar-refractivity contribution in [2.75, 3.05) is 46.7 Å². The first-order valence-electron chi connectivity index (χ1n) is 10.5. The predicted octanol–water partition coefficient (Wildman–Crippen LogP) is 2.57. The molecule has 2 unspecified atom stereocenters. The van der Waals surface area contributed by atoms with E-state index in [9.17, 15) is 18.9 Å². The van der Waals surface area contributed by atoms with Crippen LogP contribution in [0, 0.1) is 5.92 Å². The van der Waals surface area contributed by atoms with Crippen LogP contribution in [0.1, 0.15) is 27.3 Å². The number of ether oxygens (including phenoxy) is 3. The molecule has 1 saturated heterocycles. The van der Waals surface area contributed by atoms with Crippen molar-refractivity contribution >= 4 is 25.6 Å². The van der Waals surface area contributed by atoms with Gasteiger partial charge in [-0.25, -0.2) is 4.57 Å². The summed E-state index contributed by atoms with van der Waals surface area (Å²) in [5, 5.41) is 0. The maximum absolute atomic E-state index is 13.0. The van der Waals surface area contributed by atoms with Gasteiger partial charge in [-0.15, -0.1) is 0 Å². The number of likely N-dealkylation sites (tertiary alicyclic amines) is 1. The Morgan fingerprint density at radius 2 is 1.76 bits per heavy atom. The van der Waals surface area contributed by atoms with Crippen molar-refractivity contribution < 1.29 is 48.2 Å². The van der Waals surface area contributed by atoms with E-state index in [1.165, 1.54) is 18.9 Å². The van der Waals surface area contributed by atoms with Gasteiger partial charge in [0.05, 0.1) is 39.6 Å². The van der Waals surface area contributed by atoms with Crippen LogP contribution in [0.25, 0.3) is 0 Å². The third-order valence-corrected chi connectivity index (χ3v) is 5.96. The summed E-state index contributed by atoms with van der Waals surface area (Å²) in [5.74, 6) is -0.874. The quantitative estimate of drug-likeness (QED) is 0.157. The minimum Gasteiger partial charge on any atom is -0.461 e. The fourth-order valence-corrected chi connectivity index (χ4v) is 3.99. The van der Waals surface area contributed by atoms with Crippen LogP contribution in [-0.4, -0.2) is 69.4 Å². The molecule has 0 N–H and O–H groups in total. The smallest absolute Gasteiger partial charge is 0.461 e. The number of carbonyl (C=O) groups excluding carboxylic acids is 3. The Morgan fingerprint density at radius 3 is 2.33 bits per heavy atom. The summed E-state index contributed by atoms with van der Waals surface area (Å²) in [7, 11) is -2.50. The van der Waals surface area contributed by atoms with Crippen LogP contribution in [-0.2, 0) is 48.8 Å². The number of nitrogens with zero attached hydrogens (tertiary/aromatic N) is 1. The molecule has 0 spiro atoms. The minimum atomic E-state index is -3.98. The number of esters is 1. The molecule has 186 valence electrons. The van der Waals surface area contributed by atoms with E-state index in [-0.39, 0.29) is 77.5 Å². The van der Waals surface area contributed by atoms with Crippen molar-refractivity contribution in [3.05, 3.63) is 29.8 Å². The van der Waals surface area contributed by atoms with Crippen LogP contribution < -0.4 is 4.52 Å². The highest BCUT2D eigenvalue weighted by Crippen LogP contribution is 2.49. The lowest BCUT2D eigenvalue weighted by atomic mass is 10.1. The van der Waals surface area contributed by atoms with E-state index in [0.29, 0.717) is 0 Å². The Bertz CT molecular complexity index is 850. The van der Waals surface area contributed by atoms with Gasteiger partial charge in [0.2, 0.25) is 11.8 Å². The molecule has 1 aliphatic rings. The van der Waals surface area contributed by atoms with Gasteiger partial charge in [-0.05, 0) is 17.7 Å². The lowest BCUT2D eigenvalue weighted by Gasteiger charge is -2.19. The van der Waals surface area contributed by atoms with E-state index in [1.807, 2.05) is 0 Å². The summed E-state index contributed by atoms with van der Waals surface area (Å²) in [6.45, 7) is 3.54. The van der Waals surface area contributed by atoms with Crippen molar-refractivity contribution in [2.24, 2.45) is 5.92 Å². The second-order valence-corrected chi connectivity index (χ2v) is 8.82. The van der Waals surface area contributed by atoms with Gasteiger partial charge in [0.25, 0.3) is 0 Å². The predicted molar refractivity (Wildman–Crippen MR) is 117 cm³/mol. The highest BCUT2D eigenvalue weighted by molar-refractivity contribution is 7.48. The minimum absolute atomic E-state index is 0. The number of methoxy groups -OCH3 is 1. The molecular formula is C21H32NO10P. The molecule has 33 heavy (non-hydrogen) atoms. The second-order valence-electron chi connectivity index (χ2n) is 7.22. The molecule has 1 aromatic rings. The monoisotopic (exact) mass is 489 g/mol. The number of imide groups is 1. The van der Waals surface area contributed by atoms with E-state index in [4.69, 9.17) is 27.8 Å². The summed E-state index contributed by atoms with van der Waals surface area (Å²) >= 11 is 0. The van der Waals surface area contributed by atoms with E-state index in [0.717, 1.165) is 5.56 Å². The Morgan fingerprint density at radius 1 is 1.09 bits per heavy atom. The van der Waals surface area contributed by atoms with E-state index < -0.39 is 13.8 Å². The third kappa shape index (κ3) is 9.23. The maximum atomic E-state index is 13.0. The molecule has 0 saturated carbocycles. The fourth-order valence-electron chi connectivity index (χ4n) is 2.83. The molecule has 2 atom stereocenters. The standard InChI is InChI=1S/C21H30NO10P.H2/c1-16-14-20(24)22(21(16)25)8-9-28-11-13-31-33(26,30-12-10-27-3)32-19-6-4-18(5-7-19)15-29-17(2)23;/h4-7,16H,8-15H2,1-3H3;1H. The molecule has 1 aliphatic heterocycles. The van der Waals surface area contributed by atoms with Gasteiger partial charge in [-0.1, -0.05) is 19.1 Å². The summed E-state index contributed by atoms with van der Waals surface area (Å²) in [5.41, 5.74) is 0.728. The molecule has 0 aromatic heterocycles. The molecule has 0 aliphatic carbocycles. The Labute approximate surface area is 194 Å². The molecule has 1 aromatic carbocycles. The van der Waals surface area contributed by atoms with E-state index >= 15 is 0 Å². The molecule has 0 radical (unpaired) electrons. The Kier molecular flexibility index (Phi) is 11.0. The van der Waals surface area contributed by atoms with Crippen LogP contribution in [0.15, 0.2) is 24.3 Å². The highest BCUT2D eigenvalue weighted by atomic mass is 31.2. The number of hydrogen-bond donors (Lipinski definition) is 0. The first-order chi connectivity index (χ1) is 15.7. The normalized spacial score (nSPS) is 17.8. The number of phosphoric ester groups is 1. The maximum Gasteiger partial charge on any atom is 0.530 e. The number of benzene rings is 1. The number of rotatable bonds is 15. The van der Waals surface area contributed by atoms with Crippen molar-refractivity contribution in [1.29, 1.82) is 0 Å². The van der Waals surface area contributed by atoms with Gasteiger partial charge >= 0.3 is 13.8 Å². The number of phosphoric acid groups is 1. The Balaban J connectivity index is 0.00000578. The molecular weight excluding hydrogens is 457 g/mol. The molecule has 1 heterocycles. The van der Waals surface area contributed by atoms with Crippen molar-refractivity contribution in [1.82, 2.24) is 4.90 Å². The summed E-state index contributed by atoms with van der Waals surface area (Å²) in [4.78, 5) is 35.7. The second kappa shape index (κ2) is 13.4. The number of carbonyl (C=O) groups is 3. The van der Waals surface area contributed by atoms with Crippen molar-refractivity contribution in [2.45, 2.75) is 26.9 Å². The SMILES string of the molecule is COCCOP(=O)(OCCOCCN1C(=O)CC(C)C1=O)Oc1ccc(COC(C)=O)cc1.[HH]. The molecule has 2 rings (SSSR count). The van der Waals surface area contributed by atoms with Crippen LogP contribution in [0.3, 0.4) is 0 Å². The third-order valence-electron chi connectivity index (χ3n) is 4.53.